The maximum Gasteiger partial charge on any atom is 0.0622 e. The number of aliphatic hydroxyl groups excluding tert-OH is 1. The highest BCUT2D eigenvalue weighted by Gasteiger charge is 2.16. The van der Waals surface area contributed by atoms with Crippen LogP contribution in [0.5, 0.6) is 0 Å². The number of aliphatic hydroxyl groups is 1. The molecule has 0 rings (SSSR count). The minimum absolute atomic E-state index is 0.00451. The standard InChI is InChI=1S/C12H26O2/c1-10(9-11(2)13)7-6-8-12(3,4)14-5/h10-11,13H,6-9H2,1-5H3. The average molecular weight is 202 g/mol. The lowest BCUT2D eigenvalue weighted by Gasteiger charge is -2.23. The average Bonchev–Trinajstić information content (AvgIpc) is 2.02. The van der Waals surface area contributed by atoms with Gasteiger partial charge in [0.2, 0.25) is 0 Å². The first-order valence-electron chi connectivity index (χ1n) is 5.60. The van der Waals surface area contributed by atoms with Gasteiger partial charge in [0.15, 0.2) is 0 Å². The van der Waals surface area contributed by atoms with Gasteiger partial charge >= 0.3 is 0 Å². The van der Waals surface area contributed by atoms with Crippen molar-refractivity contribution in [2.24, 2.45) is 5.92 Å². The van der Waals surface area contributed by atoms with Crippen molar-refractivity contribution in [3.63, 3.8) is 0 Å². The van der Waals surface area contributed by atoms with E-state index in [2.05, 4.69) is 20.8 Å². The predicted octanol–water partition coefficient (Wildman–Crippen LogP) is 2.99. The Morgan fingerprint density at radius 1 is 1.29 bits per heavy atom. The Morgan fingerprint density at radius 3 is 2.29 bits per heavy atom. The van der Waals surface area contributed by atoms with Crippen molar-refractivity contribution < 1.29 is 9.84 Å². The first-order chi connectivity index (χ1) is 6.37. The Hall–Kier alpha value is -0.0800. The Morgan fingerprint density at radius 2 is 1.86 bits per heavy atom. The zero-order valence-electron chi connectivity index (χ0n) is 10.3. The summed E-state index contributed by atoms with van der Waals surface area (Å²) in [5.41, 5.74) is 0.00451. The van der Waals surface area contributed by atoms with Gasteiger partial charge in [-0.2, -0.15) is 0 Å². The van der Waals surface area contributed by atoms with E-state index in [1.54, 1.807) is 7.11 Å². The molecular weight excluding hydrogens is 176 g/mol. The molecule has 86 valence electrons. The molecule has 0 radical (unpaired) electrons. The highest BCUT2D eigenvalue weighted by Crippen LogP contribution is 2.20. The highest BCUT2D eigenvalue weighted by atomic mass is 16.5. The SMILES string of the molecule is COC(C)(C)CCCC(C)CC(C)O. The fourth-order valence-corrected chi connectivity index (χ4v) is 1.68. The molecule has 0 saturated carbocycles. The van der Waals surface area contributed by atoms with E-state index in [4.69, 9.17) is 4.74 Å². The topological polar surface area (TPSA) is 29.5 Å². The van der Waals surface area contributed by atoms with E-state index in [0.717, 1.165) is 12.8 Å². The van der Waals surface area contributed by atoms with Crippen molar-refractivity contribution in [3.8, 4) is 0 Å². The summed E-state index contributed by atoms with van der Waals surface area (Å²) >= 11 is 0. The maximum atomic E-state index is 9.20. The smallest absolute Gasteiger partial charge is 0.0622 e. The van der Waals surface area contributed by atoms with Gasteiger partial charge in [0.05, 0.1) is 11.7 Å². The number of methoxy groups -OCH3 is 1. The summed E-state index contributed by atoms with van der Waals surface area (Å²) in [6, 6.07) is 0. The van der Waals surface area contributed by atoms with Crippen LogP contribution in [-0.4, -0.2) is 23.9 Å². The molecule has 0 aromatic rings. The van der Waals surface area contributed by atoms with Crippen LogP contribution in [0.25, 0.3) is 0 Å². The Labute approximate surface area is 88.7 Å². The molecular formula is C12H26O2. The van der Waals surface area contributed by atoms with Crippen LogP contribution in [0.1, 0.15) is 53.4 Å². The van der Waals surface area contributed by atoms with Crippen LogP contribution in [0.2, 0.25) is 0 Å². The van der Waals surface area contributed by atoms with Gasteiger partial charge in [0, 0.05) is 7.11 Å². The summed E-state index contributed by atoms with van der Waals surface area (Å²) in [4.78, 5) is 0. The van der Waals surface area contributed by atoms with E-state index in [9.17, 15) is 5.11 Å². The molecule has 0 saturated heterocycles. The Balaban J connectivity index is 3.53. The fourth-order valence-electron chi connectivity index (χ4n) is 1.68. The second-order valence-corrected chi connectivity index (χ2v) is 5.05. The van der Waals surface area contributed by atoms with E-state index < -0.39 is 0 Å². The molecule has 2 atom stereocenters. The van der Waals surface area contributed by atoms with Crippen molar-refractivity contribution in [1.82, 2.24) is 0 Å². The van der Waals surface area contributed by atoms with Crippen LogP contribution in [0.4, 0.5) is 0 Å². The van der Waals surface area contributed by atoms with Gasteiger partial charge in [-0.3, -0.25) is 0 Å². The van der Waals surface area contributed by atoms with Crippen LogP contribution in [0, 0.1) is 5.92 Å². The van der Waals surface area contributed by atoms with Crippen molar-refractivity contribution in [2.45, 2.75) is 65.1 Å². The molecule has 0 aromatic heterocycles. The largest absolute Gasteiger partial charge is 0.393 e. The normalized spacial score (nSPS) is 16.7. The lowest BCUT2D eigenvalue weighted by atomic mass is 9.94. The minimum Gasteiger partial charge on any atom is -0.393 e. The third-order valence-electron chi connectivity index (χ3n) is 2.77. The molecule has 0 spiro atoms. The van der Waals surface area contributed by atoms with Crippen LogP contribution < -0.4 is 0 Å². The molecule has 0 aromatic carbocycles. The first kappa shape index (κ1) is 13.9. The molecule has 0 heterocycles. The van der Waals surface area contributed by atoms with Crippen molar-refractivity contribution >= 4 is 0 Å². The fraction of sp³-hybridized carbons (Fsp3) is 1.00. The molecule has 14 heavy (non-hydrogen) atoms. The van der Waals surface area contributed by atoms with E-state index in [-0.39, 0.29) is 11.7 Å². The summed E-state index contributed by atoms with van der Waals surface area (Å²) in [6.45, 7) is 8.29. The van der Waals surface area contributed by atoms with E-state index >= 15 is 0 Å². The molecule has 0 bridgehead atoms. The summed E-state index contributed by atoms with van der Waals surface area (Å²) in [7, 11) is 1.76. The number of ether oxygens (including phenoxy) is 1. The van der Waals surface area contributed by atoms with Crippen molar-refractivity contribution in [1.29, 1.82) is 0 Å². The van der Waals surface area contributed by atoms with Crippen molar-refractivity contribution in [2.75, 3.05) is 7.11 Å². The number of rotatable bonds is 7. The molecule has 2 nitrogen and oxygen atoms in total. The van der Waals surface area contributed by atoms with Crippen LogP contribution in [-0.2, 0) is 4.74 Å². The highest BCUT2D eigenvalue weighted by molar-refractivity contribution is 4.68. The van der Waals surface area contributed by atoms with Crippen LogP contribution >= 0.6 is 0 Å². The molecule has 0 aliphatic carbocycles. The van der Waals surface area contributed by atoms with Gasteiger partial charge in [-0.1, -0.05) is 19.8 Å². The summed E-state index contributed by atoms with van der Waals surface area (Å²) in [6.07, 6.45) is 4.19. The summed E-state index contributed by atoms with van der Waals surface area (Å²) in [5.74, 6) is 0.614. The summed E-state index contributed by atoms with van der Waals surface area (Å²) < 4.78 is 5.35. The molecule has 2 heteroatoms. The van der Waals surface area contributed by atoms with Gasteiger partial charge in [0.25, 0.3) is 0 Å². The van der Waals surface area contributed by atoms with Gasteiger partial charge in [0.1, 0.15) is 0 Å². The quantitative estimate of drug-likeness (QED) is 0.687. The second-order valence-electron chi connectivity index (χ2n) is 5.05. The molecule has 0 aliphatic rings. The minimum atomic E-state index is -0.166. The summed E-state index contributed by atoms with van der Waals surface area (Å²) in [5, 5.41) is 9.20. The van der Waals surface area contributed by atoms with Gasteiger partial charge in [-0.25, -0.2) is 0 Å². The van der Waals surface area contributed by atoms with Gasteiger partial charge in [-0.15, -0.1) is 0 Å². The van der Waals surface area contributed by atoms with Crippen LogP contribution in [0.3, 0.4) is 0 Å². The third-order valence-corrected chi connectivity index (χ3v) is 2.77. The second kappa shape index (κ2) is 6.41. The zero-order chi connectivity index (χ0) is 11.2. The third kappa shape index (κ3) is 7.34. The molecule has 0 fully saturated rings. The van der Waals surface area contributed by atoms with Gasteiger partial charge < -0.3 is 9.84 Å². The molecule has 1 N–H and O–H groups in total. The lowest BCUT2D eigenvalue weighted by Crippen LogP contribution is -2.22. The van der Waals surface area contributed by atoms with E-state index in [1.807, 2.05) is 6.92 Å². The Kier molecular flexibility index (Phi) is 6.38. The van der Waals surface area contributed by atoms with E-state index in [0.29, 0.717) is 5.92 Å². The first-order valence-corrected chi connectivity index (χ1v) is 5.60. The Bertz CT molecular complexity index is 141. The van der Waals surface area contributed by atoms with Crippen molar-refractivity contribution in [3.05, 3.63) is 0 Å². The molecule has 0 aliphatic heterocycles. The van der Waals surface area contributed by atoms with Gasteiger partial charge in [-0.05, 0) is 39.5 Å². The number of hydrogen-bond donors (Lipinski definition) is 1. The molecule has 2 unspecified atom stereocenters. The van der Waals surface area contributed by atoms with Crippen LogP contribution in [0.15, 0.2) is 0 Å². The number of hydrogen-bond acceptors (Lipinski definition) is 2. The zero-order valence-corrected chi connectivity index (χ0v) is 10.3. The molecule has 0 amide bonds. The monoisotopic (exact) mass is 202 g/mol. The maximum absolute atomic E-state index is 9.20. The lowest BCUT2D eigenvalue weighted by molar-refractivity contribution is 0.0124. The van der Waals surface area contributed by atoms with E-state index in [1.165, 1.54) is 12.8 Å². The predicted molar refractivity (Wildman–Crippen MR) is 60.4 cm³/mol.